The molecule has 0 aromatic heterocycles. The van der Waals surface area contributed by atoms with Gasteiger partial charge in [-0.15, -0.1) is 0 Å². The fourth-order valence-corrected chi connectivity index (χ4v) is 0.379. The highest BCUT2D eigenvalue weighted by Crippen LogP contribution is 2.04. The van der Waals surface area contributed by atoms with Crippen molar-refractivity contribution in [2.24, 2.45) is 0 Å². The van der Waals surface area contributed by atoms with Crippen molar-refractivity contribution in [2.75, 3.05) is 0 Å². The molecule has 0 aliphatic rings. The van der Waals surface area contributed by atoms with E-state index in [0.717, 1.165) is 10.6 Å². The van der Waals surface area contributed by atoms with Crippen LogP contribution in [0.2, 0.25) is 0 Å². The Labute approximate surface area is 62.0 Å². The third-order valence-corrected chi connectivity index (χ3v) is 1.38. The van der Waals surface area contributed by atoms with Gasteiger partial charge in [0.25, 0.3) is 0 Å². The van der Waals surface area contributed by atoms with Gasteiger partial charge in [0.2, 0.25) is 0 Å². The molecule has 0 amide bonds. The number of carboxylic acids is 1. The Hall–Kier alpha value is -0.570. The van der Waals surface area contributed by atoms with Crippen LogP contribution in [0.3, 0.4) is 0 Å². The Balaban J connectivity index is 3.86. The number of allylic oxidation sites excluding steroid dienone is 3. The summed E-state index contributed by atoms with van der Waals surface area (Å²) in [6.07, 6.45) is 4.31. The largest absolute Gasteiger partial charge is 0.478 e. The lowest BCUT2D eigenvalue weighted by Gasteiger charge is -1.81. The normalized spacial score (nSPS) is 12.4. The summed E-state index contributed by atoms with van der Waals surface area (Å²) < 4.78 is 0.768. The van der Waals surface area contributed by atoms with Gasteiger partial charge in [0.05, 0.1) is 0 Å². The zero-order valence-electron chi connectivity index (χ0n) is 4.97. The summed E-state index contributed by atoms with van der Waals surface area (Å²) in [7, 11) is 0. The molecule has 0 spiro atoms. The fourth-order valence-electron chi connectivity index (χ4n) is 0.247. The van der Waals surface area contributed by atoms with Crippen LogP contribution in [0.25, 0.3) is 0 Å². The van der Waals surface area contributed by atoms with Gasteiger partial charge in [-0.25, -0.2) is 4.79 Å². The van der Waals surface area contributed by atoms with Crippen LogP contribution in [0.1, 0.15) is 6.92 Å². The molecule has 0 rings (SSSR count). The van der Waals surface area contributed by atoms with E-state index < -0.39 is 5.97 Å². The molecule has 9 heavy (non-hydrogen) atoms. The molecule has 0 saturated heterocycles. The number of aliphatic carboxylic acids is 1. The van der Waals surface area contributed by atoms with Crippen molar-refractivity contribution in [3.05, 3.63) is 22.7 Å². The van der Waals surface area contributed by atoms with E-state index in [1.807, 2.05) is 6.92 Å². The van der Waals surface area contributed by atoms with Crippen LogP contribution >= 0.6 is 15.9 Å². The SMILES string of the molecule is CC=C(Br)C=CC(=O)O. The zero-order valence-corrected chi connectivity index (χ0v) is 6.55. The Morgan fingerprint density at radius 2 is 2.11 bits per heavy atom. The quantitative estimate of drug-likeness (QED) is 0.534. The van der Waals surface area contributed by atoms with Gasteiger partial charge in [0.15, 0.2) is 0 Å². The predicted molar refractivity (Wildman–Crippen MR) is 39.5 cm³/mol. The van der Waals surface area contributed by atoms with E-state index in [1.54, 1.807) is 6.08 Å². The van der Waals surface area contributed by atoms with Gasteiger partial charge < -0.3 is 5.11 Å². The Morgan fingerprint density at radius 3 is 2.44 bits per heavy atom. The lowest BCUT2D eigenvalue weighted by molar-refractivity contribution is -0.131. The van der Waals surface area contributed by atoms with E-state index in [1.165, 1.54) is 6.08 Å². The van der Waals surface area contributed by atoms with E-state index >= 15 is 0 Å². The van der Waals surface area contributed by atoms with Gasteiger partial charge >= 0.3 is 5.97 Å². The first-order valence-corrected chi connectivity index (χ1v) is 3.19. The second kappa shape index (κ2) is 4.32. The molecule has 0 fully saturated rings. The smallest absolute Gasteiger partial charge is 0.328 e. The van der Waals surface area contributed by atoms with Crippen molar-refractivity contribution in [2.45, 2.75) is 6.92 Å². The van der Waals surface area contributed by atoms with Gasteiger partial charge in [-0.2, -0.15) is 0 Å². The maximum Gasteiger partial charge on any atom is 0.328 e. The molecule has 3 heteroatoms. The highest BCUT2D eigenvalue weighted by molar-refractivity contribution is 9.11. The van der Waals surface area contributed by atoms with Crippen LogP contribution in [0.5, 0.6) is 0 Å². The Bertz CT molecular complexity index is 158. The average molecular weight is 191 g/mol. The van der Waals surface area contributed by atoms with E-state index in [4.69, 9.17) is 5.11 Å². The Morgan fingerprint density at radius 1 is 1.56 bits per heavy atom. The lowest BCUT2D eigenvalue weighted by atomic mass is 10.4. The van der Waals surface area contributed by atoms with Gasteiger partial charge in [0.1, 0.15) is 0 Å². The molecule has 0 saturated carbocycles. The first-order chi connectivity index (χ1) is 4.16. The van der Waals surface area contributed by atoms with Gasteiger partial charge in [-0.05, 0) is 13.0 Å². The summed E-state index contributed by atoms with van der Waals surface area (Å²) in [6.45, 7) is 1.82. The molecular weight excluding hydrogens is 184 g/mol. The molecule has 0 aliphatic heterocycles. The predicted octanol–water partition coefficient (Wildman–Crippen LogP) is 1.93. The minimum atomic E-state index is -0.936. The standard InChI is InChI=1S/C6H7BrO2/c1-2-5(7)3-4-6(8)9/h2-4H,1H3,(H,8,9). The number of rotatable bonds is 2. The summed E-state index contributed by atoms with van der Waals surface area (Å²) in [5.74, 6) is -0.936. The molecule has 0 aromatic rings. The van der Waals surface area contributed by atoms with Crippen molar-refractivity contribution in [1.29, 1.82) is 0 Å². The maximum atomic E-state index is 9.88. The summed E-state index contributed by atoms with van der Waals surface area (Å²) >= 11 is 3.12. The third-order valence-electron chi connectivity index (χ3n) is 0.661. The molecule has 0 aliphatic carbocycles. The molecule has 0 atom stereocenters. The van der Waals surface area contributed by atoms with E-state index in [-0.39, 0.29) is 0 Å². The van der Waals surface area contributed by atoms with E-state index in [2.05, 4.69) is 15.9 Å². The second-order valence-electron chi connectivity index (χ2n) is 1.35. The maximum absolute atomic E-state index is 9.88. The molecule has 2 nitrogen and oxygen atoms in total. The average Bonchev–Trinajstić information content (AvgIpc) is 1.83. The van der Waals surface area contributed by atoms with Crippen LogP contribution in [-0.2, 0) is 4.79 Å². The van der Waals surface area contributed by atoms with Gasteiger partial charge in [-0.3, -0.25) is 0 Å². The third kappa shape index (κ3) is 5.30. The van der Waals surface area contributed by atoms with Gasteiger partial charge in [0, 0.05) is 10.6 Å². The first kappa shape index (κ1) is 8.43. The van der Waals surface area contributed by atoms with E-state index in [0.29, 0.717) is 0 Å². The number of carboxylic acid groups (broad SMARTS) is 1. The number of hydrogen-bond donors (Lipinski definition) is 1. The van der Waals surface area contributed by atoms with Crippen LogP contribution in [-0.4, -0.2) is 11.1 Å². The molecule has 0 radical (unpaired) electrons. The molecule has 50 valence electrons. The number of halogens is 1. The minimum absolute atomic E-state index is 0.768. The van der Waals surface area contributed by atoms with E-state index in [9.17, 15) is 4.79 Å². The Kier molecular flexibility index (Phi) is 4.05. The molecule has 1 N–H and O–H groups in total. The summed E-state index contributed by atoms with van der Waals surface area (Å²) in [5, 5.41) is 8.12. The highest BCUT2D eigenvalue weighted by atomic mass is 79.9. The van der Waals surface area contributed by atoms with Crippen molar-refractivity contribution >= 4 is 21.9 Å². The van der Waals surface area contributed by atoms with Crippen LogP contribution < -0.4 is 0 Å². The highest BCUT2D eigenvalue weighted by Gasteiger charge is 1.84. The van der Waals surface area contributed by atoms with Gasteiger partial charge in [-0.1, -0.05) is 22.0 Å². The summed E-state index contributed by atoms with van der Waals surface area (Å²) in [6, 6.07) is 0. The molecular formula is C6H7BrO2. The fraction of sp³-hybridized carbons (Fsp3) is 0.167. The van der Waals surface area contributed by atoms with Crippen molar-refractivity contribution < 1.29 is 9.90 Å². The molecule has 0 bridgehead atoms. The summed E-state index contributed by atoms with van der Waals surface area (Å²) in [4.78, 5) is 9.88. The second-order valence-corrected chi connectivity index (χ2v) is 2.26. The van der Waals surface area contributed by atoms with Crippen molar-refractivity contribution in [3.8, 4) is 0 Å². The zero-order chi connectivity index (χ0) is 7.28. The molecule has 0 unspecified atom stereocenters. The number of hydrogen-bond acceptors (Lipinski definition) is 1. The summed E-state index contributed by atoms with van der Waals surface area (Å²) in [5.41, 5.74) is 0. The van der Waals surface area contributed by atoms with Crippen LogP contribution in [0.4, 0.5) is 0 Å². The van der Waals surface area contributed by atoms with Crippen molar-refractivity contribution in [3.63, 3.8) is 0 Å². The monoisotopic (exact) mass is 190 g/mol. The molecule has 0 aromatic carbocycles. The van der Waals surface area contributed by atoms with Crippen molar-refractivity contribution in [1.82, 2.24) is 0 Å². The molecule has 0 heterocycles. The minimum Gasteiger partial charge on any atom is -0.478 e. The lowest BCUT2D eigenvalue weighted by Crippen LogP contribution is -1.84. The van der Waals surface area contributed by atoms with Crippen LogP contribution in [0, 0.1) is 0 Å². The first-order valence-electron chi connectivity index (χ1n) is 2.39. The topological polar surface area (TPSA) is 37.3 Å². The number of carbonyl (C=O) groups is 1. The van der Waals surface area contributed by atoms with Crippen LogP contribution in [0.15, 0.2) is 22.7 Å².